The van der Waals surface area contributed by atoms with E-state index in [0.717, 1.165) is 43.7 Å². The minimum atomic E-state index is -0.188. The summed E-state index contributed by atoms with van der Waals surface area (Å²) in [4.78, 5) is 4.63. The zero-order valence-electron chi connectivity index (χ0n) is 8.79. The lowest BCUT2D eigenvalue weighted by Gasteiger charge is -2.24. The third-order valence-corrected chi connectivity index (χ3v) is 3.36. The van der Waals surface area contributed by atoms with Crippen LogP contribution in [-0.2, 0) is 19.3 Å². The Balaban J connectivity index is 2.02. The number of hydrogen-bond acceptors (Lipinski definition) is 3. The first-order valence-corrected chi connectivity index (χ1v) is 5.76. The number of hydrogen-bond donors (Lipinski definition) is 2. The van der Waals surface area contributed by atoms with E-state index in [1.54, 1.807) is 0 Å². The molecule has 0 spiro atoms. The minimum Gasteiger partial charge on any atom is -0.393 e. The van der Waals surface area contributed by atoms with Gasteiger partial charge in [0.25, 0.3) is 0 Å². The number of fused-ring (bicyclic) bond motifs is 2. The van der Waals surface area contributed by atoms with Crippen molar-refractivity contribution in [3.8, 4) is 0 Å². The van der Waals surface area contributed by atoms with Crippen molar-refractivity contribution in [2.75, 3.05) is 11.9 Å². The van der Waals surface area contributed by atoms with Gasteiger partial charge >= 0.3 is 0 Å². The molecule has 2 N–H and O–H groups in total. The maximum Gasteiger partial charge on any atom is 0.129 e. The highest BCUT2D eigenvalue weighted by Gasteiger charge is 2.20. The molecular formula is C12H16N2O. The van der Waals surface area contributed by atoms with E-state index >= 15 is 0 Å². The van der Waals surface area contributed by atoms with Gasteiger partial charge in [-0.05, 0) is 36.8 Å². The summed E-state index contributed by atoms with van der Waals surface area (Å²) in [5, 5.41) is 12.9. The number of aromatic nitrogens is 1. The van der Waals surface area contributed by atoms with E-state index < -0.39 is 0 Å². The van der Waals surface area contributed by atoms with Crippen molar-refractivity contribution in [1.29, 1.82) is 0 Å². The molecule has 0 saturated carbocycles. The molecule has 1 aromatic heterocycles. The SMILES string of the molecule is OC1CCc2cc3c(nc2C1)NCCC3. The second-order valence-corrected chi connectivity index (χ2v) is 4.53. The Hall–Kier alpha value is -1.09. The lowest BCUT2D eigenvalue weighted by Crippen LogP contribution is -2.22. The van der Waals surface area contributed by atoms with E-state index in [9.17, 15) is 5.11 Å². The largest absolute Gasteiger partial charge is 0.393 e. The summed E-state index contributed by atoms with van der Waals surface area (Å²) < 4.78 is 0. The molecule has 2 heterocycles. The molecule has 0 radical (unpaired) electrons. The minimum absolute atomic E-state index is 0.188. The summed E-state index contributed by atoms with van der Waals surface area (Å²) >= 11 is 0. The first kappa shape index (κ1) is 9.16. The number of aryl methyl sites for hydroxylation is 2. The maximum atomic E-state index is 9.60. The molecule has 0 aromatic carbocycles. The van der Waals surface area contributed by atoms with Crippen LogP contribution in [0.1, 0.15) is 29.7 Å². The van der Waals surface area contributed by atoms with Gasteiger partial charge in [-0.1, -0.05) is 6.07 Å². The standard InChI is InChI=1S/C12H16N2O/c15-10-4-3-8-6-9-2-1-5-13-12(9)14-11(8)7-10/h6,10,15H,1-5,7H2,(H,13,14). The molecule has 1 aliphatic carbocycles. The van der Waals surface area contributed by atoms with Gasteiger partial charge < -0.3 is 10.4 Å². The van der Waals surface area contributed by atoms with Gasteiger partial charge in [-0.25, -0.2) is 4.98 Å². The highest BCUT2D eigenvalue weighted by Crippen LogP contribution is 2.27. The van der Waals surface area contributed by atoms with Crippen LogP contribution in [-0.4, -0.2) is 22.7 Å². The van der Waals surface area contributed by atoms with Gasteiger partial charge in [-0.15, -0.1) is 0 Å². The molecule has 3 nitrogen and oxygen atoms in total. The smallest absolute Gasteiger partial charge is 0.129 e. The average Bonchev–Trinajstić information content (AvgIpc) is 2.26. The van der Waals surface area contributed by atoms with Crippen molar-refractivity contribution in [2.45, 2.75) is 38.2 Å². The van der Waals surface area contributed by atoms with Crippen LogP contribution in [0.4, 0.5) is 5.82 Å². The maximum absolute atomic E-state index is 9.60. The van der Waals surface area contributed by atoms with Gasteiger partial charge in [0.05, 0.1) is 6.10 Å². The summed E-state index contributed by atoms with van der Waals surface area (Å²) in [5.41, 5.74) is 3.81. The number of aliphatic hydroxyl groups excluding tert-OH is 1. The Morgan fingerprint density at radius 2 is 2.27 bits per heavy atom. The van der Waals surface area contributed by atoms with Crippen molar-refractivity contribution in [3.63, 3.8) is 0 Å². The molecule has 80 valence electrons. The van der Waals surface area contributed by atoms with Gasteiger partial charge in [-0.3, -0.25) is 0 Å². The Kier molecular flexibility index (Phi) is 2.13. The summed E-state index contributed by atoms with van der Waals surface area (Å²) in [6, 6.07) is 2.29. The number of nitrogens with zero attached hydrogens (tertiary/aromatic N) is 1. The summed E-state index contributed by atoms with van der Waals surface area (Å²) in [5.74, 6) is 1.05. The van der Waals surface area contributed by atoms with Gasteiger partial charge in [0.1, 0.15) is 5.82 Å². The lowest BCUT2D eigenvalue weighted by molar-refractivity contribution is 0.157. The van der Waals surface area contributed by atoms with E-state index in [1.165, 1.54) is 17.5 Å². The number of anilines is 1. The van der Waals surface area contributed by atoms with Crippen LogP contribution < -0.4 is 5.32 Å². The van der Waals surface area contributed by atoms with Gasteiger partial charge in [-0.2, -0.15) is 0 Å². The molecule has 1 atom stereocenters. The topological polar surface area (TPSA) is 45.2 Å². The van der Waals surface area contributed by atoms with Crippen LogP contribution in [0.25, 0.3) is 0 Å². The van der Waals surface area contributed by atoms with Crippen molar-refractivity contribution in [3.05, 3.63) is 22.9 Å². The molecule has 0 amide bonds. The Morgan fingerprint density at radius 3 is 3.20 bits per heavy atom. The average molecular weight is 204 g/mol. The number of nitrogens with one attached hydrogen (secondary N) is 1. The first-order valence-electron chi connectivity index (χ1n) is 5.76. The van der Waals surface area contributed by atoms with E-state index in [4.69, 9.17) is 0 Å². The van der Waals surface area contributed by atoms with Crippen LogP contribution in [0.15, 0.2) is 6.07 Å². The monoisotopic (exact) mass is 204 g/mol. The second kappa shape index (κ2) is 3.49. The molecule has 0 bridgehead atoms. The predicted molar refractivity (Wildman–Crippen MR) is 59.1 cm³/mol. The fraction of sp³-hybridized carbons (Fsp3) is 0.583. The number of rotatable bonds is 0. The summed E-state index contributed by atoms with van der Waals surface area (Å²) in [6.07, 6.45) is 4.76. The van der Waals surface area contributed by atoms with Crippen molar-refractivity contribution in [1.82, 2.24) is 4.98 Å². The summed E-state index contributed by atoms with van der Waals surface area (Å²) in [6.45, 7) is 1.03. The zero-order valence-corrected chi connectivity index (χ0v) is 8.79. The third-order valence-electron chi connectivity index (χ3n) is 3.36. The zero-order chi connectivity index (χ0) is 10.3. The normalized spacial score (nSPS) is 23.9. The van der Waals surface area contributed by atoms with Crippen LogP contribution in [0.2, 0.25) is 0 Å². The molecule has 0 saturated heterocycles. The number of pyridine rings is 1. The molecule has 1 aliphatic heterocycles. The first-order chi connectivity index (χ1) is 7.33. The van der Waals surface area contributed by atoms with Crippen molar-refractivity contribution < 1.29 is 5.11 Å². The highest BCUT2D eigenvalue weighted by molar-refractivity contribution is 5.50. The molecule has 0 fully saturated rings. The van der Waals surface area contributed by atoms with Crippen molar-refractivity contribution >= 4 is 5.82 Å². The predicted octanol–water partition coefficient (Wildman–Crippen LogP) is 1.29. The van der Waals surface area contributed by atoms with E-state index in [-0.39, 0.29) is 6.10 Å². The highest BCUT2D eigenvalue weighted by atomic mass is 16.3. The molecule has 3 heteroatoms. The summed E-state index contributed by atoms with van der Waals surface area (Å²) in [7, 11) is 0. The molecular weight excluding hydrogens is 188 g/mol. The lowest BCUT2D eigenvalue weighted by atomic mass is 9.91. The fourth-order valence-corrected chi connectivity index (χ4v) is 2.51. The van der Waals surface area contributed by atoms with E-state index in [2.05, 4.69) is 16.4 Å². The Bertz CT molecular complexity index is 389. The second-order valence-electron chi connectivity index (χ2n) is 4.53. The Morgan fingerprint density at radius 1 is 1.33 bits per heavy atom. The van der Waals surface area contributed by atoms with Crippen LogP contribution in [0, 0.1) is 0 Å². The molecule has 1 aromatic rings. The van der Waals surface area contributed by atoms with Crippen LogP contribution in [0.5, 0.6) is 0 Å². The molecule has 3 rings (SSSR count). The molecule has 1 unspecified atom stereocenters. The van der Waals surface area contributed by atoms with Gasteiger partial charge in [0.15, 0.2) is 0 Å². The van der Waals surface area contributed by atoms with Crippen LogP contribution >= 0.6 is 0 Å². The van der Waals surface area contributed by atoms with Crippen LogP contribution in [0.3, 0.4) is 0 Å². The van der Waals surface area contributed by atoms with Gasteiger partial charge in [0, 0.05) is 18.7 Å². The third kappa shape index (κ3) is 1.61. The quantitative estimate of drug-likeness (QED) is 0.669. The van der Waals surface area contributed by atoms with E-state index in [1.807, 2.05) is 0 Å². The van der Waals surface area contributed by atoms with Crippen molar-refractivity contribution in [2.24, 2.45) is 0 Å². The van der Waals surface area contributed by atoms with E-state index in [0.29, 0.717) is 0 Å². The fourth-order valence-electron chi connectivity index (χ4n) is 2.51. The Labute approximate surface area is 89.5 Å². The number of aliphatic hydroxyl groups is 1. The van der Waals surface area contributed by atoms with Gasteiger partial charge in [0.2, 0.25) is 0 Å². The molecule has 2 aliphatic rings. The molecule has 15 heavy (non-hydrogen) atoms.